The second kappa shape index (κ2) is 4.35. The van der Waals surface area contributed by atoms with Crippen LogP contribution in [0.2, 0.25) is 0 Å². The van der Waals surface area contributed by atoms with Crippen molar-refractivity contribution in [1.29, 1.82) is 0 Å². The van der Waals surface area contributed by atoms with E-state index < -0.39 is 0 Å². The molecule has 0 saturated carbocycles. The second-order valence-electron chi connectivity index (χ2n) is 3.05. The molecule has 1 atom stereocenters. The van der Waals surface area contributed by atoms with Crippen LogP contribution in [0.15, 0.2) is 29.4 Å². The third-order valence-electron chi connectivity index (χ3n) is 1.83. The van der Waals surface area contributed by atoms with Crippen molar-refractivity contribution >= 4 is 23.7 Å². The Hall–Kier alpha value is -0.190. The van der Waals surface area contributed by atoms with Crippen LogP contribution in [0.5, 0.6) is 0 Å². The van der Waals surface area contributed by atoms with Crippen molar-refractivity contribution in [2.45, 2.75) is 17.1 Å². The van der Waals surface area contributed by atoms with Crippen LogP contribution in [0.3, 0.4) is 0 Å². The molecule has 13 heavy (non-hydrogen) atoms. The molecular formula is C9H12N2S2. The summed E-state index contributed by atoms with van der Waals surface area (Å²) in [7, 11) is 0. The minimum Gasteiger partial charge on any atom is -0.264 e. The molecule has 2 nitrogen and oxygen atoms in total. The van der Waals surface area contributed by atoms with Gasteiger partial charge in [0.2, 0.25) is 0 Å². The van der Waals surface area contributed by atoms with E-state index in [1.807, 2.05) is 30.2 Å². The predicted octanol–water partition coefficient (Wildman–Crippen LogP) is 2.48. The summed E-state index contributed by atoms with van der Waals surface area (Å²) in [6.07, 6.45) is 3.73. The lowest BCUT2D eigenvalue weighted by atomic mass is 10.5. The molecule has 1 saturated heterocycles. The number of hydrogen-bond donors (Lipinski definition) is 0. The first-order chi connectivity index (χ1) is 6.34. The quantitative estimate of drug-likeness (QED) is 0.700. The lowest BCUT2D eigenvalue weighted by Gasteiger charge is -2.11. The van der Waals surface area contributed by atoms with E-state index in [4.69, 9.17) is 0 Å². The normalized spacial score (nSPS) is 23.6. The predicted molar refractivity (Wildman–Crippen MR) is 58.7 cm³/mol. The van der Waals surface area contributed by atoms with Crippen molar-refractivity contribution in [3.63, 3.8) is 0 Å². The van der Waals surface area contributed by atoms with E-state index in [0.29, 0.717) is 0 Å². The van der Waals surface area contributed by atoms with Crippen LogP contribution in [0.4, 0.5) is 0 Å². The fourth-order valence-corrected chi connectivity index (χ4v) is 3.36. The molecule has 1 unspecified atom stereocenters. The van der Waals surface area contributed by atoms with Crippen molar-refractivity contribution in [3.8, 4) is 0 Å². The minimum absolute atomic E-state index is 0.768. The Kier molecular flexibility index (Phi) is 3.14. The molecule has 1 aliphatic rings. The van der Waals surface area contributed by atoms with Crippen LogP contribution in [0.25, 0.3) is 0 Å². The van der Waals surface area contributed by atoms with E-state index in [1.54, 1.807) is 11.9 Å². The van der Waals surface area contributed by atoms with E-state index in [9.17, 15) is 0 Å². The topological polar surface area (TPSA) is 16.1 Å². The molecule has 70 valence electrons. The highest BCUT2D eigenvalue weighted by Gasteiger charge is 2.19. The Morgan fingerprint density at radius 2 is 2.62 bits per heavy atom. The summed E-state index contributed by atoms with van der Waals surface area (Å²) in [5, 5.41) is 0.768. The molecule has 0 N–H and O–H groups in total. The van der Waals surface area contributed by atoms with Crippen LogP contribution >= 0.6 is 23.7 Å². The summed E-state index contributed by atoms with van der Waals surface area (Å²) in [6.45, 7) is 3.44. The van der Waals surface area contributed by atoms with Gasteiger partial charge in [-0.1, -0.05) is 6.92 Å². The molecule has 0 bridgehead atoms. The maximum atomic E-state index is 4.09. The number of rotatable bonds is 2. The Balaban J connectivity index is 1.92. The standard InChI is InChI=1S/C9H12N2S2/c1-8-6-11(7-12-8)13-9-3-2-4-10-5-9/h2-5,8H,6-7H2,1H3. The van der Waals surface area contributed by atoms with Gasteiger partial charge in [0.15, 0.2) is 0 Å². The molecule has 1 aromatic heterocycles. The van der Waals surface area contributed by atoms with E-state index >= 15 is 0 Å². The lowest BCUT2D eigenvalue weighted by Crippen LogP contribution is -2.12. The van der Waals surface area contributed by atoms with Gasteiger partial charge in [0, 0.05) is 29.1 Å². The number of pyridine rings is 1. The molecule has 1 aromatic rings. The molecule has 0 radical (unpaired) electrons. The molecule has 1 aliphatic heterocycles. The fourth-order valence-electron chi connectivity index (χ4n) is 1.22. The Morgan fingerprint density at radius 1 is 1.69 bits per heavy atom. The molecule has 0 aromatic carbocycles. The van der Waals surface area contributed by atoms with Gasteiger partial charge in [0.25, 0.3) is 0 Å². The van der Waals surface area contributed by atoms with Crippen LogP contribution in [0.1, 0.15) is 6.92 Å². The van der Waals surface area contributed by atoms with Crippen LogP contribution in [-0.4, -0.2) is 27.0 Å². The first-order valence-corrected chi connectivity index (χ1v) is 6.11. The van der Waals surface area contributed by atoms with Gasteiger partial charge < -0.3 is 0 Å². The minimum atomic E-state index is 0.768. The highest BCUT2D eigenvalue weighted by molar-refractivity contribution is 8.02. The van der Waals surface area contributed by atoms with Crippen molar-refractivity contribution in [2.24, 2.45) is 0 Å². The van der Waals surface area contributed by atoms with Crippen molar-refractivity contribution < 1.29 is 0 Å². The summed E-state index contributed by atoms with van der Waals surface area (Å²) in [5.41, 5.74) is 0. The van der Waals surface area contributed by atoms with Gasteiger partial charge in [0.05, 0.1) is 5.88 Å². The van der Waals surface area contributed by atoms with E-state index in [1.165, 1.54) is 11.4 Å². The molecule has 2 heterocycles. The molecule has 0 spiro atoms. The highest BCUT2D eigenvalue weighted by Crippen LogP contribution is 2.31. The van der Waals surface area contributed by atoms with Crippen LogP contribution in [-0.2, 0) is 0 Å². The number of aromatic nitrogens is 1. The summed E-state index contributed by atoms with van der Waals surface area (Å²) in [6, 6.07) is 4.08. The average molecular weight is 212 g/mol. The van der Waals surface area contributed by atoms with E-state index in [-0.39, 0.29) is 0 Å². The van der Waals surface area contributed by atoms with E-state index in [2.05, 4.69) is 22.3 Å². The third-order valence-corrected chi connectivity index (χ3v) is 4.16. The zero-order chi connectivity index (χ0) is 9.10. The zero-order valence-corrected chi connectivity index (χ0v) is 9.14. The molecule has 0 aliphatic carbocycles. The lowest BCUT2D eigenvalue weighted by molar-refractivity contribution is 0.581. The van der Waals surface area contributed by atoms with Crippen molar-refractivity contribution in [2.75, 3.05) is 12.4 Å². The first-order valence-electron chi connectivity index (χ1n) is 4.29. The Morgan fingerprint density at radius 3 is 3.23 bits per heavy atom. The van der Waals surface area contributed by atoms with Crippen LogP contribution < -0.4 is 0 Å². The van der Waals surface area contributed by atoms with Gasteiger partial charge in [-0.3, -0.25) is 4.98 Å². The van der Waals surface area contributed by atoms with Gasteiger partial charge in [-0.2, -0.15) is 0 Å². The third kappa shape index (κ3) is 2.62. The summed E-state index contributed by atoms with van der Waals surface area (Å²) >= 11 is 3.81. The SMILES string of the molecule is CC1CN(Sc2cccnc2)CS1. The molecule has 1 fully saturated rings. The maximum absolute atomic E-state index is 4.09. The summed E-state index contributed by atoms with van der Waals surface area (Å²) in [4.78, 5) is 5.32. The van der Waals surface area contributed by atoms with Gasteiger partial charge in [-0.25, -0.2) is 4.31 Å². The van der Waals surface area contributed by atoms with Gasteiger partial charge >= 0.3 is 0 Å². The second-order valence-corrected chi connectivity index (χ2v) is 5.62. The fraction of sp³-hybridized carbons (Fsp3) is 0.444. The largest absolute Gasteiger partial charge is 0.264 e. The zero-order valence-electron chi connectivity index (χ0n) is 7.51. The Bertz CT molecular complexity index is 266. The maximum Gasteiger partial charge on any atom is 0.0553 e. The smallest absolute Gasteiger partial charge is 0.0553 e. The summed E-state index contributed by atoms with van der Waals surface area (Å²) in [5.74, 6) is 1.13. The number of hydrogen-bond acceptors (Lipinski definition) is 4. The molecule has 2 rings (SSSR count). The van der Waals surface area contributed by atoms with Crippen LogP contribution in [0, 0.1) is 0 Å². The van der Waals surface area contributed by atoms with Gasteiger partial charge in [-0.15, -0.1) is 11.8 Å². The highest BCUT2D eigenvalue weighted by atomic mass is 32.2. The Labute approximate surface area is 87.2 Å². The molecule has 0 amide bonds. The monoisotopic (exact) mass is 212 g/mol. The summed E-state index contributed by atoms with van der Waals surface area (Å²) < 4.78 is 2.38. The average Bonchev–Trinajstić information content (AvgIpc) is 2.53. The van der Waals surface area contributed by atoms with Crippen molar-refractivity contribution in [1.82, 2.24) is 9.29 Å². The molecular weight excluding hydrogens is 200 g/mol. The molecule has 4 heteroatoms. The number of nitrogens with zero attached hydrogens (tertiary/aromatic N) is 2. The van der Waals surface area contributed by atoms with Gasteiger partial charge in [-0.05, 0) is 24.1 Å². The van der Waals surface area contributed by atoms with Crippen molar-refractivity contribution in [3.05, 3.63) is 24.5 Å². The number of thioether (sulfide) groups is 1. The first kappa shape index (κ1) is 9.37. The van der Waals surface area contributed by atoms with E-state index in [0.717, 1.165) is 11.1 Å². The van der Waals surface area contributed by atoms with Gasteiger partial charge in [0.1, 0.15) is 0 Å².